The lowest BCUT2D eigenvalue weighted by Gasteiger charge is -2.37. The normalized spacial score (nSPS) is 24.4. The van der Waals surface area contributed by atoms with Crippen molar-refractivity contribution in [2.75, 3.05) is 13.1 Å². The van der Waals surface area contributed by atoms with E-state index >= 15 is 0 Å². The van der Waals surface area contributed by atoms with Crippen LogP contribution in [-0.2, 0) is 4.79 Å². The third-order valence-electron chi connectivity index (χ3n) is 5.98. The third-order valence-corrected chi connectivity index (χ3v) is 5.98. The number of nitrogens with two attached hydrogens (primary N) is 1. The summed E-state index contributed by atoms with van der Waals surface area (Å²) >= 11 is 0. The molecule has 0 atom stereocenters. The van der Waals surface area contributed by atoms with Crippen LogP contribution in [0.5, 0.6) is 0 Å². The van der Waals surface area contributed by atoms with Crippen LogP contribution in [-0.4, -0.2) is 47.6 Å². The molecule has 2 saturated carbocycles. The lowest BCUT2D eigenvalue weighted by atomic mass is 9.95. The number of urea groups is 1. The second-order valence-corrected chi connectivity index (χ2v) is 7.88. The highest BCUT2D eigenvalue weighted by molar-refractivity contribution is 5.86. The van der Waals surface area contributed by atoms with E-state index in [4.69, 9.17) is 5.73 Å². The summed E-state index contributed by atoms with van der Waals surface area (Å²) in [6.07, 6.45) is 11.3. The van der Waals surface area contributed by atoms with Gasteiger partial charge in [-0.3, -0.25) is 4.79 Å². The molecule has 2 aliphatic carbocycles. The van der Waals surface area contributed by atoms with Crippen LogP contribution in [0.25, 0.3) is 0 Å². The van der Waals surface area contributed by atoms with Crippen molar-refractivity contribution in [2.24, 2.45) is 5.73 Å². The first-order valence-corrected chi connectivity index (χ1v) is 9.72. The molecule has 0 radical (unpaired) electrons. The molecule has 4 N–H and O–H groups in total. The van der Waals surface area contributed by atoms with Crippen LogP contribution in [0.3, 0.4) is 0 Å². The van der Waals surface area contributed by atoms with Gasteiger partial charge in [0, 0.05) is 25.2 Å². The van der Waals surface area contributed by atoms with Gasteiger partial charge < -0.3 is 21.3 Å². The average molecular weight is 373 g/mol. The number of nitrogens with zero attached hydrogens (tertiary/aromatic N) is 1. The van der Waals surface area contributed by atoms with Gasteiger partial charge in [-0.15, -0.1) is 12.4 Å². The molecule has 0 bridgehead atoms. The van der Waals surface area contributed by atoms with E-state index < -0.39 is 5.54 Å². The van der Waals surface area contributed by atoms with Gasteiger partial charge in [0.2, 0.25) is 5.91 Å². The molecular formula is C18H33ClN4O2. The van der Waals surface area contributed by atoms with Gasteiger partial charge in [-0.2, -0.15) is 0 Å². The summed E-state index contributed by atoms with van der Waals surface area (Å²) < 4.78 is 0. The molecule has 3 fully saturated rings. The Balaban J connectivity index is 0.00000225. The molecule has 3 aliphatic rings. The van der Waals surface area contributed by atoms with E-state index in [9.17, 15) is 9.59 Å². The van der Waals surface area contributed by atoms with Crippen molar-refractivity contribution in [1.82, 2.24) is 15.5 Å². The molecule has 0 aromatic rings. The summed E-state index contributed by atoms with van der Waals surface area (Å²) in [5.41, 5.74) is 5.66. The zero-order chi connectivity index (χ0) is 17.0. The molecule has 1 saturated heterocycles. The Bertz CT molecular complexity index is 454. The summed E-state index contributed by atoms with van der Waals surface area (Å²) in [7, 11) is 0. The molecule has 7 heteroatoms. The van der Waals surface area contributed by atoms with Crippen molar-refractivity contribution >= 4 is 24.3 Å². The predicted octanol–water partition coefficient (Wildman–Crippen LogP) is 2.30. The van der Waals surface area contributed by atoms with Gasteiger partial charge in [-0.1, -0.05) is 32.1 Å². The molecule has 1 aliphatic heterocycles. The molecule has 3 rings (SSSR count). The molecule has 0 aromatic carbocycles. The maximum absolute atomic E-state index is 12.6. The maximum Gasteiger partial charge on any atom is 0.315 e. The van der Waals surface area contributed by atoms with E-state index in [0.29, 0.717) is 19.1 Å². The van der Waals surface area contributed by atoms with Gasteiger partial charge in [0.25, 0.3) is 0 Å². The van der Waals surface area contributed by atoms with Gasteiger partial charge in [0.05, 0.1) is 5.54 Å². The van der Waals surface area contributed by atoms with Crippen molar-refractivity contribution in [1.29, 1.82) is 0 Å². The maximum atomic E-state index is 12.6. The zero-order valence-corrected chi connectivity index (χ0v) is 15.9. The van der Waals surface area contributed by atoms with Gasteiger partial charge in [0.15, 0.2) is 0 Å². The zero-order valence-electron chi connectivity index (χ0n) is 15.1. The fourth-order valence-corrected chi connectivity index (χ4v) is 4.42. The van der Waals surface area contributed by atoms with Gasteiger partial charge in [0.1, 0.15) is 0 Å². The lowest BCUT2D eigenvalue weighted by Crippen LogP contribution is -2.57. The number of carbonyl (C=O) groups is 2. The summed E-state index contributed by atoms with van der Waals surface area (Å²) in [4.78, 5) is 26.7. The SMILES string of the molecule is Cl.NC1(C(=O)N2CCC(NC(=O)NC3CCCCC3)CC2)CCCC1. The van der Waals surface area contributed by atoms with Crippen molar-refractivity contribution in [2.45, 2.75) is 88.3 Å². The van der Waals surface area contributed by atoms with Crippen molar-refractivity contribution < 1.29 is 9.59 Å². The van der Waals surface area contributed by atoms with Crippen LogP contribution in [0, 0.1) is 0 Å². The number of likely N-dealkylation sites (tertiary alicyclic amines) is 1. The molecule has 6 nitrogen and oxygen atoms in total. The molecule has 0 unspecified atom stereocenters. The highest BCUT2D eigenvalue weighted by Crippen LogP contribution is 2.30. The first-order valence-electron chi connectivity index (χ1n) is 9.72. The number of hydrogen-bond donors (Lipinski definition) is 3. The lowest BCUT2D eigenvalue weighted by molar-refractivity contribution is -0.137. The first-order chi connectivity index (χ1) is 11.6. The van der Waals surface area contributed by atoms with Gasteiger partial charge in [-0.25, -0.2) is 4.79 Å². The fourth-order valence-electron chi connectivity index (χ4n) is 4.42. The second kappa shape index (κ2) is 9.08. The first kappa shape index (κ1) is 20.3. The van der Waals surface area contributed by atoms with Crippen LogP contribution in [0.4, 0.5) is 4.79 Å². The number of hydrogen-bond acceptors (Lipinski definition) is 3. The highest BCUT2D eigenvalue weighted by Gasteiger charge is 2.40. The van der Waals surface area contributed by atoms with Crippen molar-refractivity contribution in [3.05, 3.63) is 0 Å². The monoisotopic (exact) mass is 372 g/mol. The Hall–Kier alpha value is -1.01. The van der Waals surface area contributed by atoms with Gasteiger partial charge in [-0.05, 0) is 38.5 Å². The number of nitrogens with one attached hydrogen (secondary N) is 2. The average Bonchev–Trinajstić information content (AvgIpc) is 3.04. The number of piperidine rings is 1. The second-order valence-electron chi connectivity index (χ2n) is 7.88. The van der Waals surface area contributed by atoms with E-state index in [-0.39, 0.29) is 30.4 Å². The number of halogens is 1. The third kappa shape index (κ3) is 5.23. The highest BCUT2D eigenvalue weighted by atomic mass is 35.5. The predicted molar refractivity (Wildman–Crippen MR) is 101 cm³/mol. The summed E-state index contributed by atoms with van der Waals surface area (Å²) in [6.45, 7) is 1.40. The molecule has 0 spiro atoms. The van der Waals surface area contributed by atoms with Crippen LogP contribution >= 0.6 is 12.4 Å². The molecule has 144 valence electrons. The minimum atomic E-state index is -0.626. The minimum Gasteiger partial charge on any atom is -0.341 e. The Labute approximate surface area is 157 Å². The Morgan fingerprint density at radius 3 is 1.92 bits per heavy atom. The number of carbonyl (C=O) groups excluding carboxylic acids is 2. The largest absolute Gasteiger partial charge is 0.341 e. The molecule has 25 heavy (non-hydrogen) atoms. The molecule has 3 amide bonds. The molecule has 0 aromatic heterocycles. The van der Waals surface area contributed by atoms with Crippen LogP contribution in [0.15, 0.2) is 0 Å². The van der Waals surface area contributed by atoms with Crippen LogP contribution < -0.4 is 16.4 Å². The smallest absolute Gasteiger partial charge is 0.315 e. The summed E-state index contributed by atoms with van der Waals surface area (Å²) in [6, 6.07) is 0.451. The Morgan fingerprint density at radius 1 is 0.840 bits per heavy atom. The summed E-state index contributed by atoms with van der Waals surface area (Å²) in [5.74, 6) is 0.116. The Morgan fingerprint density at radius 2 is 1.36 bits per heavy atom. The van der Waals surface area contributed by atoms with E-state index in [1.54, 1.807) is 0 Å². The number of rotatable bonds is 3. The minimum absolute atomic E-state index is 0. The number of amides is 3. The van der Waals surface area contributed by atoms with Crippen molar-refractivity contribution in [3.63, 3.8) is 0 Å². The van der Waals surface area contributed by atoms with Crippen LogP contribution in [0.1, 0.15) is 70.6 Å². The van der Waals surface area contributed by atoms with Crippen molar-refractivity contribution in [3.8, 4) is 0 Å². The summed E-state index contributed by atoms with van der Waals surface area (Å²) in [5, 5.41) is 6.19. The Kier molecular flexibility index (Phi) is 7.37. The van der Waals surface area contributed by atoms with E-state index in [1.807, 2.05) is 4.90 Å². The van der Waals surface area contributed by atoms with Crippen LogP contribution in [0.2, 0.25) is 0 Å². The van der Waals surface area contributed by atoms with Gasteiger partial charge >= 0.3 is 6.03 Å². The quantitative estimate of drug-likeness (QED) is 0.710. The standard InChI is InChI=1S/C18H32N4O2.ClH/c19-18(10-4-5-11-18)16(23)22-12-8-15(9-13-22)21-17(24)20-14-6-2-1-3-7-14;/h14-15H,1-13,19H2,(H2,20,21,24);1H. The molecule has 1 heterocycles. The topological polar surface area (TPSA) is 87.5 Å². The van der Waals surface area contributed by atoms with E-state index in [0.717, 1.165) is 51.4 Å². The van der Waals surface area contributed by atoms with E-state index in [1.165, 1.54) is 19.3 Å². The fraction of sp³-hybridized carbons (Fsp3) is 0.889. The molecular weight excluding hydrogens is 340 g/mol. The van der Waals surface area contributed by atoms with E-state index in [2.05, 4.69) is 10.6 Å².